The minimum absolute atomic E-state index is 0.122. The molecule has 1 amide bonds. The number of benzene rings is 1. The first-order valence-electron chi connectivity index (χ1n) is 6.31. The number of amides is 1. The number of aliphatic hydroxyl groups is 2. The van der Waals surface area contributed by atoms with E-state index in [1.807, 2.05) is 6.07 Å². The maximum absolute atomic E-state index is 11.5. The Morgan fingerprint density at radius 3 is 3.00 bits per heavy atom. The summed E-state index contributed by atoms with van der Waals surface area (Å²) in [6.07, 6.45) is 0.922. The number of hydrogen-bond donors (Lipinski definition) is 3. The van der Waals surface area contributed by atoms with Crippen molar-refractivity contribution in [3.63, 3.8) is 0 Å². The molecule has 1 saturated heterocycles. The van der Waals surface area contributed by atoms with Crippen LogP contribution in [0.3, 0.4) is 0 Å². The standard InChI is InChI=1S/C13H15BrN2O3/c14-9-4-8-10(15-13(19)12(8)18)5-11(9)16-3-1-2-7(16)6-17/h4-5,7,12,17-18H,1-3,6H2,(H,15,19). The molecule has 0 spiro atoms. The van der Waals surface area contributed by atoms with Gasteiger partial charge in [0.05, 0.1) is 18.3 Å². The molecular formula is C13H15BrN2O3. The van der Waals surface area contributed by atoms with Gasteiger partial charge in [-0.3, -0.25) is 4.79 Å². The van der Waals surface area contributed by atoms with Crippen molar-refractivity contribution in [1.82, 2.24) is 0 Å². The van der Waals surface area contributed by atoms with E-state index in [9.17, 15) is 15.0 Å². The first-order chi connectivity index (χ1) is 9.11. The molecule has 0 aromatic heterocycles. The largest absolute Gasteiger partial charge is 0.394 e. The van der Waals surface area contributed by atoms with Crippen molar-refractivity contribution < 1.29 is 15.0 Å². The van der Waals surface area contributed by atoms with Gasteiger partial charge in [-0.1, -0.05) is 0 Å². The van der Waals surface area contributed by atoms with E-state index in [0.29, 0.717) is 11.3 Å². The van der Waals surface area contributed by atoms with Crippen molar-refractivity contribution in [3.05, 3.63) is 22.2 Å². The van der Waals surface area contributed by atoms with Crippen molar-refractivity contribution in [2.45, 2.75) is 25.0 Å². The van der Waals surface area contributed by atoms with Crippen molar-refractivity contribution in [1.29, 1.82) is 0 Å². The lowest BCUT2D eigenvalue weighted by Gasteiger charge is -2.27. The van der Waals surface area contributed by atoms with Gasteiger partial charge in [0.2, 0.25) is 0 Å². The maximum Gasteiger partial charge on any atom is 0.257 e. The Hall–Kier alpha value is -1.11. The van der Waals surface area contributed by atoms with Crippen LogP contribution in [0.5, 0.6) is 0 Å². The average molecular weight is 327 g/mol. The van der Waals surface area contributed by atoms with Crippen molar-refractivity contribution in [2.75, 3.05) is 23.4 Å². The molecule has 1 fully saturated rings. The molecule has 0 bridgehead atoms. The molecule has 102 valence electrons. The number of nitrogens with one attached hydrogen (secondary N) is 1. The van der Waals surface area contributed by atoms with Crippen LogP contribution in [0.2, 0.25) is 0 Å². The molecule has 2 aliphatic rings. The second-order valence-corrected chi connectivity index (χ2v) is 5.81. The van der Waals surface area contributed by atoms with Gasteiger partial charge in [0.1, 0.15) is 0 Å². The minimum Gasteiger partial charge on any atom is -0.394 e. The zero-order chi connectivity index (χ0) is 13.6. The van der Waals surface area contributed by atoms with Gasteiger partial charge < -0.3 is 20.4 Å². The number of halogens is 1. The predicted molar refractivity (Wildman–Crippen MR) is 75.2 cm³/mol. The summed E-state index contributed by atoms with van der Waals surface area (Å²) >= 11 is 3.49. The van der Waals surface area contributed by atoms with E-state index in [4.69, 9.17) is 0 Å². The fraction of sp³-hybridized carbons (Fsp3) is 0.462. The lowest BCUT2D eigenvalue weighted by Crippen LogP contribution is -2.32. The highest BCUT2D eigenvalue weighted by atomic mass is 79.9. The Morgan fingerprint density at radius 2 is 2.26 bits per heavy atom. The van der Waals surface area contributed by atoms with Gasteiger partial charge in [-0.2, -0.15) is 0 Å². The van der Waals surface area contributed by atoms with Crippen LogP contribution in [-0.2, 0) is 4.79 Å². The van der Waals surface area contributed by atoms with E-state index in [2.05, 4.69) is 26.1 Å². The second-order valence-electron chi connectivity index (χ2n) is 4.95. The Kier molecular flexibility index (Phi) is 3.24. The van der Waals surface area contributed by atoms with Crippen molar-refractivity contribution >= 4 is 33.2 Å². The van der Waals surface area contributed by atoms with E-state index < -0.39 is 6.10 Å². The summed E-state index contributed by atoms with van der Waals surface area (Å²) in [5.41, 5.74) is 2.20. The first kappa shape index (κ1) is 12.9. The third kappa shape index (κ3) is 2.04. The molecule has 6 heteroatoms. The van der Waals surface area contributed by atoms with Crippen LogP contribution < -0.4 is 10.2 Å². The number of rotatable bonds is 2. The molecule has 2 aliphatic heterocycles. The van der Waals surface area contributed by atoms with Crippen LogP contribution in [0.1, 0.15) is 24.5 Å². The van der Waals surface area contributed by atoms with Gasteiger partial charge in [-0.15, -0.1) is 0 Å². The van der Waals surface area contributed by atoms with E-state index in [0.717, 1.165) is 29.5 Å². The monoisotopic (exact) mass is 326 g/mol. The number of aliphatic hydroxyl groups excluding tert-OH is 2. The van der Waals surface area contributed by atoms with Gasteiger partial charge >= 0.3 is 0 Å². The molecule has 0 radical (unpaired) electrons. The van der Waals surface area contributed by atoms with Crippen molar-refractivity contribution in [2.24, 2.45) is 0 Å². The van der Waals surface area contributed by atoms with Crippen LogP contribution in [0, 0.1) is 0 Å². The Labute approximate surface area is 119 Å². The lowest BCUT2D eigenvalue weighted by molar-refractivity contribution is -0.123. The lowest BCUT2D eigenvalue weighted by atomic mass is 10.1. The Balaban J connectivity index is 2.00. The normalized spacial score (nSPS) is 25.6. The number of fused-ring (bicyclic) bond motifs is 1. The van der Waals surface area contributed by atoms with Crippen LogP contribution in [0.25, 0.3) is 0 Å². The molecule has 1 aromatic rings. The molecule has 3 rings (SSSR count). The smallest absolute Gasteiger partial charge is 0.257 e. The van der Waals surface area contributed by atoms with Gasteiger partial charge in [0.15, 0.2) is 6.10 Å². The molecule has 2 heterocycles. The SMILES string of the molecule is O=C1Nc2cc(N3CCCC3CO)c(Br)cc2C1O. The van der Waals surface area contributed by atoms with E-state index in [1.165, 1.54) is 0 Å². The van der Waals surface area contributed by atoms with Crippen molar-refractivity contribution in [3.8, 4) is 0 Å². The number of nitrogens with zero attached hydrogens (tertiary/aromatic N) is 1. The highest BCUT2D eigenvalue weighted by Gasteiger charge is 2.32. The summed E-state index contributed by atoms with van der Waals surface area (Å²) in [5.74, 6) is -0.390. The first-order valence-corrected chi connectivity index (χ1v) is 7.11. The van der Waals surface area contributed by atoms with Crippen LogP contribution in [0.15, 0.2) is 16.6 Å². The van der Waals surface area contributed by atoms with Crippen LogP contribution in [0.4, 0.5) is 11.4 Å². The average Bonchev–Trinajstić information content (AvgIpc) is 2.96. The van der Waals surface area contributed by atoms with Crippen LogP contribution in [-0.4, -0.2) is 35.3 Å². The minimum atomic E-state index is -1.09. The highest BCUT2D eigenvalue weighted by molar-refractivity contribution is 9.10. The third-order valence-electron chi connectivity index (χ3n) is 3.82. The van der Waals surface area contributed by atoms with E-state index >= 15 is 0 Å². The molecule has 0 aliphatic carbocycles. The highest BCUT2D eigenvalue weighted by Crippen LogP contribution is 2.40. The number of hydrogen-bond acceptors (Lipinski definition) is 4. The third-order valence-corrected chi connectivity index (χ3v) is 4.45. The van der Waals surface area contributed by atoms with Gasteiger partial charge in [0, 0.05) is 22.3 Å². The predicted octanol–water partition coefficient (Wildman–Crippen LogP) is 1.40. The summed E-state index contributed by atoms with van der Waals surface area (Å²) in [6.45, 7) is 1.01. The summed E-state index contributed by atoms with van der Waals surface area (Å²) < 4.78 is 0.835. The quantitative estimate of drug-likeness (QED) is 0.768. The zero-order valence-corrected chi connectivity index (χ0v) is 11.9. The zero-order valence-electron chi connectivity index (χ0n) is 10.3. The number of anilines is 2. The molecule has 1 aromatic carbocycles. The van der Waals surface area contributed by atoms with E-state index in [1.54, 1.807) is 6.07 Å². The van der Waals surface area contributed by atoms with E-state index in [-0.39, 0.29) is 18.6 Å². The summed E-state index contributed by atoms with van der Waals surface area (Å²) in [7, 11) is 0. The summed E-state index contributed by atoms with van der Waals surface area (Å²) in [6, 6.07) is 3.76. The fourth-order valence-corrected chi connectivity index (χ4v) is 3.41. The molecule has 0 saturated carbocycles. The summed E-state index contributed by atoms with van der Waals surface area (Å²) in [4.78, 5) is 13.6. The Morgan fingerprint density at radius 1 is 1.47 bits per heavy atom. The maximum atomic E-state index is 11.5. The number of carbonyl (C=O) groups excluding carboxylic acids is 1. The van der Waals surface area contributed by atoms with Gasteiger partial charge in [-0.05, 0) is 40.9 Å². The van der Waals surface area contributed by atoms with Gasteiger partial charge in [-0.25, -0.2) is 0 Å². The fourth-order valence-electron chi connectivity index (χ4n) is 2.82. The second kappa shape index (κ2) is 4.77. The molecule has 2 unspecified atom stereocenters. The Bertz CT molecular complexity index is 535. The molecule has 5 nitrogen and oxygen atoms in total. The molecular weight excluding hydrogens is 312 g/mol. The summed E-state index contributed by atoms with van der Waals surface area (Å²) in [5, 5.41) is 21.8. The topological polar surface area (TPSA) is 72.8 Å². The number of carbonyl (C=O) groups is 1. The van der Waals surface area contributed by atoms with Gasteiger partial charge in [0.25, 0.3) is 5.91 Å². The molecule has 2 atom stereocenters. The van der Waals surface area contributed by atoms with Crippen LogP contribution >= 0.6 is 15.9 Å². The molecule has 3 N–H and O–H groups in total. The molecule has 19 heavy (non-hydrogen) atoms.